The smallest absolute Gasteiger partial charge is 0.203 e. The fourth-order valence-electron chi connectivity index (χ4n) is 2.00. The van der Waals surface area contributed by atoms with Crippen LogP contribution in [0.3, 0.4) is 0 Å². The molecule has 0 aromatic carbocycles. The third-order valence-corrected chi connectivity index (χ3v) is 3.02. The lowest BCUT2D eigenvalue weighted by atomic mass is 10.0. The van der Waals surface area contributed by atoms with Gasteiger partial charge in [-0.25, -0.2) is 4.98 Å². The number of nitrogens with one attached hydrogen (secondary N) is 1. The first-order chi connectivity index (χ1) is 8.66. The van der Waals surface area contributed by atoms with Gasteiger partial charge in [0.15, 0.2) is 5.82 Å². The van der Waals surface area contributed by atoms with E-state index in [1.54, 1.807) is 12.5 Å². The zero-order valence-electron chi connectivity index (χ0n) is 11.3. The molecule has 2 aromatic heterocycles. The zero-order chi connectivity index (χ0) is 13.0. The standard InChI is InChI=1S/C13H21N5/c1-10(2)5-4-6-11(3)16-12-13-17-15-9-18(13)8-7-14-12/h7-11H,4-6H2,1-3H3,(H,14,16). The van der Waals surface area contributed by atoms with Crippen LogP contribution in [0.5, 0.6) is 0 Å². The lowest BCUT2D eigenvalue weighted by Gasteiger charge is -2.15. The highest BCUT2D eigenvalue weighted by Gasteiger charge is 2.08. The summed E-state index contributed by atoms with van der Waals surface area (Å²) in [6, 6.07) is 0.402. The molecule has 1 atom stereocenters. The Bertz CT molecular complexity index is 491. The molecule has 0 radical (unpaired) electrons. The van der Waals surface area contributed by atoms with E-state index < -0.39 is 0 Å². The maximum absolute atomic E-state index is 4.33. The molecule has 0 fully saturated rings. The van der Waals surface area contributed by atoms with Crippen molar-refractivity contribution in [3.63, 3.8) is 0 Å². The number of aromatic nitrogens is 4. The van der Waals surface area contributed by atoms with Gasteiger partial charge in [-0.1, -0.05) is 26.7 Å². The monoisotopic (exact) mass is 247 g/mol. The summed E-state index contributed by atoms with van der Waals surface area (Å²) in [6.45, 7) is 6.70. The van der Waals surface area contributed by atoms with Gasteiger partial charge in [0.1, 0.15) is 6.33 Å². The number of nitrogens with zero attached hydrogens (tertiary/aromatic N) is 4. The molecule has 5 heteroatoms. The van der Waals surface area contributed by atoms with E-state index >= 15 is 0 Å². The van der Waals surface area contributed by atoms with Gasteiger partial charge >= 0.3 is 0 Å². The van der Waals surface area contributed by atoms with E-state index in [2.05, 4.69) is 41.3 Å². The summed E-state index contributed by atoms with van der Waals surface area (Å²) in [4.78, 5) is 4.33. The van der Waals surface area contributed by atoms with Crippen LogP contribution in [0.15, 0.2) is 18.7 Å². The summed E-state index contributed by atoms with van der Waals surface area (Å²) in [5, 5.41) is 11.4. The Labute approximate surface area is 108 Å². The van der Waals surface area contributed by atoms with Crippen LogP contribution in [0.1, 0.15) is 40.0 Å². The average molecular weight is 247 g/mol. The number of anilines is 1. The van der Waals surface area contributed by atoms with Gasteiger partial charge in [-0.05, 0) is 19.3 Å². The zero-order valence-corrected chi connectivity index (χ0v) is 11.3. The Balaban J connectivity index is 1.94. The highest BCUT2D eigenvalue weighted by Crippen LogP contribution is 2.14. The van der Waals surface area contributed by atoms with E-state index in [0.717, 1.165) is 23.8 Å². The summed E-state index contributed by atoms with van der Waals surface area (Å²) in [7, 11) is 0. The van der Waals surface area contributed by atoms with Gasteiger partial charge in [-0.15, -0.1) is 10.2 Å². The van der Waals surface area contributed by atoms with E-state index in [9.17, 15) is 0 Å². The first kappa shape index (κ1) is 12.8. The number of fused-ring (bicyclic) bond motifs is 1. The molecular formula is C13H21N5. The quantitative estimate of drug-likeness (QED) is 0.852. The molecule has 18 heavy (non-hydrogen) atoms. The Morgan fingerprint density at radius 3 is 2.89 bits per heavy atom. The van der Waals surface area contributed by atoms with E-state index in [1.807, 2.05) is 10.6 Å². The topological polar surface area (TPSA) is 55.1 Å². The van der Waals surface area contributed by atoms with Crippen molar-refractivity contribution in [2.45, 2.75) is 46.1 Å². The number of hydrogen-bond donors (Lipinski definition) is 1. The molecule has 2 heterocycles. The van der Waals surface area contributed by atoms with Crippen LogP contribution in [0, 0.1) is 5.92 Å². The third kappa shape index (κ3) is 3.18. The molecule has 0 saturated heterocycles. The van der Waals surface area contributed by atoms with Crippen LogP contribution >= 0.6 is 0 Å². The molecular weight excluding hydrogens is 226 g/mol. The van der Waals surface area contributed by atoms with Crippen molar-refractivity contribution < 1.29 is 0 Å². The van der Waals surface area contributed by atoms with Gasteiger partial charge in [0.2, 0.25) is 5.65 Å². The molecule has 2 rings (SSSR count). The predicted molar refractivity (Wildman–Crippen MR) is 72.6 cm³/mol. The van der Waals surface area contributed by atoms with Crippen LogP contribution in [0.2, 0.25) is 0 Å². The van der Waals surface area contributed by atoms with Crippen molar-refractivity contribution in [3.05, 3.63) is 18.7 Å². The van der Waals surface area contributed by atoms with Gasteiger partial charge in [-0.2, -0.15) is 0 Å². The normalized spacial score (nSPS) is 13.1. The molecule has 98 valence electrons. The highest BCUT2D eigenvalue weighted by atomic mass is 15.2. The lowest BCUT2D eigenvalue weighted by molar-refractivity contribution is 0.520. The minimum Gasteiger partial charge on any atom is -0.364 e. The maximum atomic E-state index is 4.33. The molecule has 0 amide bonds. The van der Waals surface area contributed by atoms with Crippen molar-refractivity contribution in [1.82, 2.24) is 19.6 Å². The van der Waals surface area contributed by atoms with Gasteiger partial charge in [0.05, 0.1) is 0 Å². The van der Waals surface area contributed by atoms with Crippen molar-refractivity contribution in [1.29, 1.82) is 0 Å². The van der Waals surface area contributed by atoms with E-state index in [4.69, 9.17) is 0 Å². The molecule has 2 aromatic rings. The fourth-order valence-corrected chi connectivity index (χ4v) is 2.00. The maximum Gasteiger partial charge on any atom is 0.203 e. The molecule has 0 bridgehead atoms. The second-order valence-corrected chi connectivity index (χ2v) is 5.21. The first-order valence-corrected chi connectivity index (χ1v) is 6.57. The minimum absolute atomic E-state index is 0.402. The van der Waals surface area contributed by atoms with E-state index in [-0.39, 0.29) is 0 Å². The largest absolute Gasteiger partial charge is 0.364 e. The summed E-state index contributed by atoms with van der Waals surface area (Å²) >= 11 is 0. The first-order valence-electron chi connectivity index (χ1n) is 6.57. The van der Waals surface area contributed by atoms with E-state index in [0.29, 0.717) is 6.04 Å². The molecule has 1 N–H and O–H groups in total. The SMILES string of the molecule is CC(C)CCCC(C)Nc1nccn2cnnc12. The fraction of sp³-hybridized carbons (Fsp3) is 0.615. The van der Waals surface area contributed by atoms with Crippen molar-refractivity contribution in [2.75, 3.05) is 5.32 Å². The molecule has 1 unspecified atom stereocenters. The summed E-state index contributed by atoms with van der Waals surface area (Å²) < 4.78 is 1.87. The summed E-state index contributed by atoms with van der Waals surface area (Å²) in [5.41, 5.74) is 0.785. The Hall–Kier alpha value is -1.65. The molecule has 0 saturated carbocycles. The Morgan fingerprint density at radius 2 is 2.11 bits per heavy atom. The van der Waals surface area contributed by atoms with Crippen LogP contribution in [-0.4, -0.2) is 25.6 Å². The summed E-state index contributed by atoms with van der Waals surface area (Å²) in [5.74, 6) is 1.59. The molecule has 0 aliphatic carbocycles. The average Bonchev–Trinajstić information content (AvgIpc) is 2.77. The van der Waals surface area contributed by atoms with Crippen LogP contribution < -0.4 is 5.32 Å². The number of rotatable bonds is 6. The van der Waals surface area contributed by atoms with Crippen molar-refractivity contribution >= 4 is 11.5 Å². The van der Waals surface area contributed by atoms with Crippen LogP contribution in [0.25, 0.3) is 5.65 Å². The second-order valence-electron chi connectivity index (χ2n) is 5.21. The molecule has 5 nitrogen and oxygen atoms in total. The predicted octanol–water partition coefficient (Wildman–Crippen LogP) is 2.75. The Morgan fingerprint density at radius 1 is 1.28 bits per heavy atom. The molecule has 0 aliphatic rings. The van der Waals surface area contributed by atoms with E-state index in [1.165, 1.54) is 12.8 Å². The Kier molecular flexibility index (Phi) is 4.12. The highest BCUT2D eigenvalue weighted by molar-refractivity contribution is 5.61. The lowest BCUT2D eigenvalue weighted by Crippen LogP contribution is -2.16. The summed E-state index contributed by atoms with van der Waals surface area (Å²) in [6.07, 6.45) is 8.96. The van der Waals surface area contributed by atoms with Crippen molar-refractivity contribution in [2.24, 2.45) is 5.92 Å². The number of hydrogen-bond acceptors (Lipinski definition) is 4. The third-order valence-electron chi connectivity index (χ3n) is 3.02. The molecule has 0 aliphatic heterocycles. The van der Waals surface area contributed by atoms with Crippen molar-refractivity contribution in [3.8, 4) is 0 Å². The van der Waals surface area contributed by atoms with Crippen LogP contribution in [0.4, 0.5) is 5.82 Å². The van der Waals surface area contributed by atoms with Gasteiger partial charge in [0.25, 0.3) is 0 Å². The van der Waals surface area contributed by atoms with Crippen LogP contribution in [-0.2, 0) is 0 Å². The second kappa shape index (κ2) is 5.80. The van der Waals surface area contributed by atoms with Gasteiger partial charge < -0.3 is 5.32 Å². The van der Waals surface area contributed by atoms with Gasteiger partial charge in [0, 0.05) is 18.4 Å². The van der Waals surface area contributed by atoms with Gasteiger partial charge in [-0.3, -0.25) is 4.40 Å². The molecule has 0 spiro atoms. The minimum atomic E-state index is 0.402.